The van der Waals surface area contributed by atoms with Crippen LogP contribution in [-0.4, -0.2) is 35.7 Å². The van der Waals surface area contributed by atoms with Crippen molar-refractivity contribution < 1.29 is 15.3 Å². The molecular weight excluding hydrogens is 327 g/mol. The zero-order chi connectivity index (χ0) is 19.7. The first-order valence-corrected chi connectivity index (χ1v) is 9.85. The van der Waals surface area contributed by atoms with Crippen LogP contribution in [0.15, 0.2) is 0 Å². The van der Waals surface area contributed by atoms with Crippen molar-refractivity contribution in [2.75, 3.05) is 0 Å². The fraction of sp³-hybridized carbons (Fsp3) is 1.00. The molecule has 3 nitrogen and oxygen atoms in total. The molecule has 0 radical (unpaired) electrons. The topological polar surface area (TPSA) is 69.2 Å². The van der Waals surface area contributed by atoms with Crippen LogP contribution in [-0.2, 0) is 0 Å². The zero-order valence-corrected chi connectivity index (χ0v) is 19.7. The molecule has 0 rings (SSSR count). The van der Waals surface area contributed by atoms with E-state index in [0.717, 1.165) is 38.5 Å². The molecule has 0 aliphatic rings. The van der Waals surface area contributed by atoms with Crippen LogP contribution in [0.3, 0.4) is 0 Å². The van der Waals surface area contributed by atoms with Gasteiger partial charge in [-0.15, -0.1) is 18.3 Å². The molecule has 0 spiro atoms. The van der Waals surface area contributed by atoms with Crippen LogP contribution in [0.1, 0.15) is 101 Å². The summed E-state index contributed by atoms with van der Waals surface area (Å²) in [5.41, 5.74) is 0. The summed E-state index contributed by atoms with van der Waals surface area (Å²) in [6.07, 6.45) is 4.62. The van der Waals surface area contributed by atoms with Crippen LogP contribution in [0.25, 0.3) is 0 Å². The summed E-state index contributed by atoms with van der Waals surface area (Å²) >= 11 is 0. The Hall–Kier alpha value is 0.412. The van der Waals surface area contributed by atoms with E-state index in [9.17, 15) is 15.3 Å². The van der Waals surface area contributed by atoms with Gasteiger partial charge in [0.1, 0.15) is 0 Å². The van der Waals surface area contributed by atoms with Gasteiger partial charge in [0, 0.05) is 0 Å². The summed E-state index contributed by atoms with van der Waals surface area (Å²) in [5, 5.41) is 31.3. The van der Waals surface area contributed by atoms with Crippen molar-refractivity contribution in [3.05, 3.63) is 0 Å². The molecule has 0 aromatic heterocycles. The van der Waals surface area contributed by atoms with Crippen molar-refractivity contribution in [3.8, 4) is 0 Å². The Morgan fingerprint density at radius 3 is 0.600 bits per heavy atom. The van der Waals surface area contributed by atoms with Gasteiger partial charge < -0.3 is 15.3 Å². The van der Waals surface area contributed by atoms with Gasteiger partial charge in [-0.1, -0.05) is 101 Å². The van der Waals surface area contributed by atoms with Crippen molar-refractivity contribution in [3.63, 3.8) is 0 Å². The SMILES string of the molecule is CC(C)CCC(C)[O-].CC(C)CCC(C)[O-].CC(C)CCC(C)[O-].[Al+3]. The van der Waals surface area contributed by atoms with E-state index in [0.29, 0.717) is 17.8 Å². The largest absolute Gasteiger partial charge is 3.00 e. The van der Waals surface area contributed by atoms with Crippen molar-refractivity contribution in [2.45, 2.75) is 119 Å². The third-order valence-electron chi connectivity index (χ3n) is 3.45. The van der Waals surface area contributed by atoms with Crippen LogP contribution in [0.4, 0.5) is 0 Å². The average Bonchev–Trinajstić information content (AvgIpc) is 2.42. The second kappa shape index (κ2) is 22.5. The maximum absolute atomic E-state index is 10.4. The Morgan fingerprint density at radius 2 is 0.560 bits per heavy atom. The molecular formula is C21H45AlO3. The second-order valence-corrected chi connectivity index (χ2v) is 8.35. The zero-order valence-electron chi connectivity index (χ0n) is 18.5. The molecule has 3 atom stereocenters. The van der Waals surface area contributed by atoms with Crippen molar-refractivity contribution in [1.29, 1.82) is 0 Å². The van der Waals surface area contributed by atoms with Gasteiger partial charge in [-0.05, 0) is 17.8 Å². The monoisotopic (exact) mass is 372 g/mol. The fourth-order valence-corrected chi connectivity index (χ4v) is 1.70. The van der Waals surface area contributed by atoms with Crippen molar-refractivity contribution in [1.82, 2.24) is 0 Å². The predicted octanol–water partition coefficient (Wildman–Crippen LogP) is 3.13. The first kappa shape index (κ1) is 33.0. The van der Waals surface area contributed by atoms with Gasteiger partial charge in [-0.25, -0.2) is 0 Å². The van der Waals surface area contributed by atoms with E-state index in [2.05, 4.69) is 41.5 Å². The first-order chi connectivity index (χ1) is 10.9. The Labute approximate surface area is 169 Å². The third kappa shape index (κ3) is 51.6. The summed E-state index contributed by atoms with van der Waals surface area (Å²) in [5.74, 6) is 2.06. The van der Waals surface area contributed by atoms with Crippen LogP contribution in [0.5, 0.6) is 0 Å². The van der Waals surface area contributed by atoms with Crippen molar-refractivity contribution >= 4 is 17.4 Å². The molecule has 0 fully saturated rings. The maximum atomic E-state index is 10.4. The Bertz CT molecular complexity index is 165. The standard InChI is InChI=1S/3C7H15O.Al/c3*1-6(2)4-5-7(3)8;/h3*6-7H,4-5H2,1-3H3;/q3*-1;+3. The summed E-state index contributed by atoms with van der Waals surface area (Å²) < 4.78 is 0. The van der Waals surface area contributed by atoms with Crippen LogP contribution < -0.4 is 15.3 Å². The molecule has 0 N–H and O–H groups in total. The van der Waals surface area contributed by atoms with Gasteiger partial charge in [-0.3, -0.25) is 0 Å². The van der Waals surface area contributed by atoms with Gasteiger partial charge in [0.2, 0.25) is 0 Å². The molecule has 0 bridgehead atoms. The molecule has 25 heavy (non-hydrogen) atoms. The van der Waals surface area contributed by atoms with Gasteiger partial charge in [0.25, 0.3) is 0 Å². The molecule has 0 aromatic rings. The molecule has 4 heteroatoms. The van der Waals surface area contributed by atoms with Crippen LogP contribution >= 0.6 is 0 Å². The van der Waals surface area contributed by atoms with E-state index in [1.807, 2.05) is 0 Å². The Morgan fingerprint density at radius 1 is 0.400 bits per heavy atom. The Kier molecular flexibility index (Phi) is 29.7. The smallest absolute Gasteiger partial charge is 0.852 e. The third-order valence-corrected chi connectivity index (χ3v) is 3.45. The normalized spacial score (nSPS) is 14.0. The maximum Gasteiger partial charge on any atom is 3.00 e. The molecule has 0 saturated carbocycles. The minimum Gasteiger partial charge on any atom is -0.852 e. The van der Waals surface area contributed by atoms with Crippen LogP contribution in [0.2, 0.25) is 0 Å². The summed E-state index contributed by atoms with van der Waals surface area (Å²) in [7, 11) is 0. The molecule has 0 amide bonds. The van der Waals surface area contributed by atoms with E-state index in [1.165, 1.54) is 0 Å². The summed E-state index contributed by atoms with van der Waals surface area (Å²) in [6, 6.07) is 0. The molecule has 0 aromatic carbocycles. The van der Waals surface area contributed by atoms with E-state index >= 15 is 0 Å². The minimum absolute atomic E-state index is 0. The number of hydrogen-bond acceptors (Lipinski definition) is 3. The molecule has 0 saturated heterocycles. The molecule has 150 valence electrons. The van der Waals surface area contributed by atoms with Gasteiger partial charge in [0.05, 0.1) is 0 Å². The van der Waals surface area contributed by atoms with Crippen LogP contribution in [0, 0.1) is 17.8 Å². The van der Waals surface area contributed by atoms with Gasteiger partial charge in [0.15, 0.2) is 0 Å². The number of rotatable bonds is 9. The Balaban J connectivity index is -0.000000130. The fourth-order valence-electron chi connectivity index (χ4n) is 1.70. The van der Waals surface area contributed by atoms with Gasteiger partial charge >= 0.3 is 17.4 Å². The molecule has 0 aliphatic heterocycles. The summed E-state index contributed by atoms with van der Waals surface area (Å²) in [4.78, 5) is 0. The van der Waals surface area contributed by atoms with Crippen molar-refractivity contribution in [2.24, 2.45) is 17.8 Å². The van der Waals surface area contributed by atoms with E-state index in [1.54, 1.807) is 20.8 Å². The minimum atomic E-state index is -0.364. The molecule has 3 unspecified atom stereocenters. The second-order valence-electron chi connectivity index (χ2n) is 8.35. The van der Waals surface area contributed by atoms with Gasteiger partial charge in [-0.2, -0.15) is 0 Å². The van der Waals surface area contributed by atoms with E-state index < -0.39 is 0 Å². The number of hydrogen-bond donors (Lipinski definition) is 0. The quantitative estimate of drug-likeness (QED) is 0.584. The van der Waals surface area contributed by atoms with E-state index in [4.69, 9.17) is 0 Å². The average molecular weight is 373 g/mol. The molecule has 0 aliphatic carbocycles. The predicted molar refractivity (Wildman–Crippen MR) is 106 cm³/mol. The molecule has 0 heterocycles. The summed E-state index contributed by atoms with van der Waals surface area (Å²) in [6.45, 7) is 18.0. The first-order valence-electron chi connectivity index (χ1n) is 9.85. The van der Waals surface area contributed by atoms with E-state index in [-0.39, 0.29) is 35.7 Å².